The molecule has 136 valence electrons. The van der Waals surface area contributed by atoms with Crippen molar-refractivity contribution >= 4 is 11.9 Å². The lowest BCUT2D eigenvalue weighted by Crippen LogP contribution is -2.29. The van der Waals surface area contributed by atoms with Crippen molar-refractivity contribution in [3.63, 3.8) is 0 Å². The Morgan fingerprint density at radius 3 is 2.81 bits per heavy atom. The topological polar surface area (TPSA) is 100 Å². The molecule has 0 saturated heterocycles. The summed E-state index contributed by atoms with van der Waals surface area (Å²) < 4.78 is 17.4. The van der Waals surface area contributed by atoms with E-state index in [-0.39, 0.29) is 6.61 Å². The van der Waals surface area contributed by atoms with Crippen molar-refractivity contribution in [2.45, 2.75) is 13.0 Å². The van der Waals surface area contributed by atoms with Crippen LogP contribution in [0.1, 0.15) is 18.5 Å². The number of rotatable bonds is 6. The van der Waals surface area contributed by atoms with E-state index in [1.165, 1.54) is 10.8 Å². The normalized spacial score (nSPS) is 15.7. The molecular formula is C17H19N5O4. The molecule has 9 heteroatoms. The van der Waals surface area contributed by atoms with Crippen molar-refractivity contribution in [2.24, 2.45) is 0 Å². The summed E-state index contributed by atoms with van der Waals surface area (Å²) in [7, 11) is 3.11. The van der Waals surface area contributed by atoms with Crippen LogP contribution in [0.2, 0.25) is 0 Å². The summed E-state index contributed by atoms with van der Waals surface area (Å²) in [5.74, 6) is 1.08. The lowest BCUT2D eigenvalue weighted by Gasteiger charge is -2.27. The summed E-state index contributed by atoms with van der Waals surface area (Å²) in [4.78, 5) is 12.7. The van der Waals surface area contributed by atoms with E-state index in [4.69, 9.17) is 14.2 Å². The van der Waals surface area contributed by atoms with Gasteiger partial charge in [-0.1, -0.05) is 23.8 Å². The summed E-state index contributed by atoms with van der Waals surface area (Å²) in [6.07, 6.45) is 1.51. The second kappa shape index (κ2) is 7.26. The SMILES string of the molecule is C=CCOC(=O)C1=C(C)Nc2nnnn2[C@H]1c1ccc(OC)c(OC)c1. The molecule has 1 aromatic carbocycles. The highest BCUT2D eigenvalue weighted by Crippen LogP contribution is 2.38. The zero-order valence-corrected chi connectivity index (χ0v) is 14.7. The summed E-state index contributed by atoms with van der Waals surface area (Å²) in [6.45, 7) is 5.45. The van der Waals surface area contributed by atoms with E-state index in [0.29, 0.717) is 28.7 Å². The van der Waals surface area contributed by atoms with Gasteiger partial charge in [0.1, 0.15) is 12.6 Å². The Hall–Kier alpha value is -3.36. The van der Waals surface area contributed by atoms with Crippen LogP contribution in [0, 0.1) is 0 Å². The highest BCUT2D eigenvalue weighted by molar-refractivity contribution is 5.92. The predicted octanol–water partition coefficient (Wildman–Crippen LogP) is 1.71. The number of methoxy groups -OCH3 is 2. The van der Waals surface area contributed by atoms with Gasteiger partial charge in [0.05, 0.1) is 19.8 Å². The standard InChI is InChI=1S/C17H19N5O4/c1-5-8-26-16(23)14-10(2)18-17-19-20-21-22(17)15(14)11-6-7-12(24-3)13(9-11)25-4/h5-7,9,15H,1,8H2,2-4H3,(H,18,19,21)/t15-/m0/s1. The van der Waals surface area contributed by atoms with Crippen LogP contribution >= 0.6 is 0 Å². The molecule has 2 aromatic rings. The van der Waals surface area contributed by atoms with E-state index in [0.717, 1.165) is 5.56 Å². The monoisotopic (exact) mass is 357 g/mol. The second-order valence-corrected chi connectivity index (χ2v) is 5.51. The number of carbonyl (C=O) groups is 1. The van der Waals surface area contributed by atoms with Gasteiger partial charge >= 0.3 is 5.97 Å². The first-order chi connectivity index (χ1) is 12.6. The number of tetrazole rings is 1. The number of hydrogen-bond donors (Lipinski definition) is 1. The average Bonchev–Trinajstić information content (AvgIpc) is 3.12. The zero-order chi connectivity index (χ0) is 18.7. The minimum absolute atomic E-state index is 0.108. The van der Waals surface area contributed by atoms with E-state index >= 15 is 0 Å². The largest absolute Gasteiger partial charge is 0.493 e. The number of benzene rings is 1. The molecule has 1 aromatic heterocycles. The van der Waals surface area contributed by atoms with Crippen molar-refractivity contribution in [3.05, 3.63) is 47.7 Å². The number of aromatic nitrogens is 4. The number of hydrogen-bond acceptors (Lipinski definition) is 8. The maximum Gasteiger partial charge on any atom is 0.338 e. The quantitative estimate of drug-likeness (QED) is 0.616. The van der Waals surface area contributed by atoms with Crippen molar-refractivity contribution < 1.29 is 19.0 Å². The van der Waals surface area contributed by atoms with E-state index in [1.54, 1.807) is 33.3 Å². The molecule has 0 bridgehead atoms. The third kappa shape index (κ3) is 2.99. The smallest absolute Gasteiger partial charge is 0.338 e. The number of nitrogens with zero attached hydrogens (tertiary/aromatic N) is 4. The van der Waals surface area contributed by atoms with Crippen LogP contribution in [0.5, 0.6) is 11.5 Å². The van der Waals surface area contributed by atoms with Crippen LogP contribution in [0.15, 0.2) is 42.1 Å². The lowest BCUT2D eigenvalue weighted by atomic mass is 9.95. The molecule has 0 fully saturated rings. The van der Waals surface area contributed by atoms with E-state index in [2.05, 4.69) is 27.4 Å². The number of allylic oxidation sites excluding steroid dienone is 1. The van der Waals surface area contributed by atoms with Gasteiger partial charge in [-0.2, -0.15) is 4.68 Å². The molecule has 0 radical (unpaired) electrons. The minimum Gasteiger partial charge on any atom is -0.493 e. The number of ether oxygens (including phenoxy) is 3. The molecule has 2 heterocycles. The number of nitrogens with one attached hydrogen (secondary N) is 1. The molecule has 26 heavy (non-hydrogen) atoms. The first-order valence-electron chi connectivity index (χ1n) is 7.86. The van der Waals surface area contributed by atoms with Crippen molar-refractivity contribution in [1.82, 2.24) is 20.2 Å². The van der Waals surface area contributed by atoms with Crippen LogP contribution < -0.4 is 14.8 Å². The summed E-state index contributed by atoms with van der Waals surface area (Å²) in [5.41, 5.74) is 1.77. The first kappa shape index (κ1) is 17.5. The van der Waals surface area contributed by atoms with E-state index in [9.17, 15) is 4.79 Å². The Morgan fingerprint density at radius 1 is 1.35 bits per heavy atom. The molecule has 9 nitrogen and oxygen atoms in total. The number of esters is 1. The van der Waals surface area contributed by atoms with Crippen LogP contribution in [0.4, 0.5) is 5.95 Å². The maximum absolute atomic E-state index is 12.7. The van der Waals surface area contributed by atoms with E-state index in [1.807, 2.05) is 6.07 Å². The van der Waals surface area contributed by atoms with Gasteiger partial charge in [-0.15, -0.1) is 0 Å². The highest BCUT2D eigenvalue weighted by atomic mass is 16.5. The van der Waals surface area contributed by atoms with Gasteiger partial charge in [-0.05, 0) is 35.0 Å². The Labute approximate surface area is 150 Å². The number of anilines is 1. The molecule has 1 aliphatic heterocycles. The van der Waals surface area contributed by atoms with Gasteiger partial charge in [0, 0.05) is 5.70 Å². The predicted molar refractivity (Wildman–Crippen MR) is 93.0 cm³/mol. The molecule has 0 aliphatic carbocycles. The molecule has 0 unspecified atom stereocenters. The van der Waals surface area contributed by atoms with Crippen molar-refractivity contribution in [3.8, 4) is 11.5 Å². The molecule has 0 spiro atoms. The molecular weight excluding hydrogens is 338 g/mol. The molecule has 0 saturated carbocycles. The second-order valence-electron chi connectivity index (χ2n) is 5.51. The minimum atomic E-state index is -0.571. The Morgan fingerprint density at radius 2 is 2.12 bits per heavy atom. The third-order valence-electron chi connectivity index (χ3n) is 3.99. The van der Waals surface area contributed by atoms with Crippen LogP contribution in [0.3, 0.4) is 0 Å². The first-order valence-corrected chi connectivity index (χ1v) is 7.86. The van der Waals surface area contributed by atoms with Gasteiger partial charge in [0.2, 0.25) is 5.95 Å². The Balaban J connectivity index is 2.12. The zero-order valence-electron chi connectivity index (χ0n) is 14.7. The van der Waals surface area contributed by atoms with Gasteiger partial charge in [-0.25, -0.2) is 4.79 Å². The summed E-state index contributed by atoms with van der Waals surface area (Å²) >= 11 is 0. The Kier molecular flexibility index (Phi) is 4.87. The van der Waals surface area contributed by atoms with Crippen molar-refractivity contribution in [1.29, 1.82) is 0 Å². The van der Waals surface area contributed by atoms with Crippen molar-refractivity contribution in [2.75, 3.05) is 26.1 Å². The van der Waals surface area contributed by atoms with Crippen LogP contribution in [-0.4, -0.2) is 47.0 Å². The van der Waals surface area contributed by atoms with Gasteiger partial charge < -0.3 is 19.5 Å². The lowest BCUT2D eigenvalue weighted by molar-refractivity contribution is -0.138. The fourth-order valence-electron chi connectivity index (χ4n) is 2.82. The molecule has 3 rings (SSSR count). The maximum atomic E-state index is 12.7. The summed E-state index contributed by atoms with van der Waals surface area (Å²) in [6, 6.07) is 4.81. The average molecular weight is 357 g/mol. The number of fused-ring (bicyclic) bond motifs is 1. The van der Waals surface area contributed by atoms with Gasteiger partial charge in [-0.3, -0.25) is 0 Å². The molecule has 1 atom stereocenters. The number of carbonyl (C=O) groups excluding carboxylic acids is 1. The summed E-state index contributed by atoms with van der Waals surface area (Å²) in [5, 5.41) is 14.7. The fourth-order valence-corrected chi connectivity index (χ4v) is 2.82. The molecule has 1 N–H and O–H groups in total. The third-order valence-corrected chi connectivity index (χ3v) is 3.99. The molecule has 0 amide bonds. The molecule has 1 aliphatic rings. The fraction of sp³-hybridized carbons (Fsp3) is 0.294. The van der Waals surface area contributed by atoms with Gasteiger partial charge in [0.25, 0.3) is 0 Å². The Bertz CT molecular complexity index is 874. The van der Waals surface area contributed by atoms with Crippen LogP contribution in [-0.2, 0) is 9.53 Å². The highest BCUT2D eigenvalue weighted by Gasteiger charge is 2.35. The van der Waals surface area contributed by atoms with E-state index < -0.39 is 12.0 Å². The van der Waals surface area contributed by atoms with Gasteiger partial charge in [0.15, 0.2) is 11.5 Å². The van der Waals surface area contributed by atoms with Crippen LogP contribution in [0.25, 0.3) is 0 Å².